The van der Waals surface area contributed by atoms with E-state index in [1.807, 2.05) is 19.9 Å². The van der Waals surface area contributed by atoms with E-state index >= 15 is 0 Å². The van der Waals surface area contributed by atoms with Crippen LogP contribution in [0.4, 0.5) is 5.82 Å². The average Bonchev–Trinajstić information content (AvgIpc) is 3.14. The summed E-state index contributed by atoms with van der Waals surface area (Å²) in [5.74, 6) is 2.73. The van der Waals surface area contributed by atoms with Crippen LogP contribution in [0.5, 0.6) is 5.75 Å². The van der Waals surface area contributed by atoms with Crippen molar-refractivity contribution < 1.29 is 4.74 Å². The van der Waals surface area contributed by atoms with Gasteiger partial charge in [-0.1, -0.05) is 6.92 Å². The van der Waals surface area contributed by atoms with Crippen molar-refractivity contribution in [2.45, 2.75) is 33.1 Å². The molecule has 146 valence electrons. The summed E-state index contributed by atoms with van der Waals surface area (Å²) < 4.78 is 5.81. The van der Waals surface area contributed by atoms with Crippen LogP contribution in [0.25, 0.3) is 11.3 Å². The van der Waals surface area contributed by atoms with Gasteiger partial charge in [0.1, 0.15) is 23.7 Å². The highest BCUT2D eigenvalue weighted by Gasteiger charge is 2.22. The van der Waals surface area contributed by atoms with Gasteiger partial charge in [-0.25, -0.2) is 19.9 Å². The van der Waals surface area contributed by atoms with Gasteiger partial charge in [0.05, 0.1) is 18.0 Å². The molecule has 1 atom stereocenters. The number of pyridine rings is 1. The molecule has 3 aromatic rings. The van der Waals surface area contributed by atoms with Gasteiger partial charge in [0.2, 0.25) is 0 Å². The van der Waals surface area contributed by atoms with E-state index in [9.17, 15) is 0 Å². The van der Waals surface area contributed by atoms with Crippen LogP contribution >= 0.6 is 13.5 Å². The number of nitrogens with zero attached hydrogens (tertiary/aromatic N) is 5. The van der Waals surface area contributed by atoms with Gasteiger partial charge in [0.15, 0.2) is 0 Å². The van der Waals surface area contributed by atoms with Crippen LogP contribution in [0.15, 0.2) is 30.9 Å². The van der Waals surface area contributed by atoms with E-state index in [4.69, 9.17) is 4.74 Å². The number of nitrogens with one attached hydrogen (secondary N) is 1. The number of anilines is 1. The number of ether oxygens (including phenoxy) is 1. The fraction of sp³-hybridized carbons (Fsp3) is 0.350. The first-order valence-electron chi connectivity index (χ1n) is 9.08. The second kappa shape index (κ2) is 8.52. The van der Waals surface area contributed by atoms with E-state index in [1.54, 1.807) is 18.7 Å². The predicted molar refractivity (Wildman–Crippen MR) is 113 cm³/mol. The molecule has 0 spiro atoms. The number of aryl methyl sites for hydroxylation is 2. The summed E-state index contributed by atoms with van der Waals surface area (Å²) in [6, 6.07) is 4.03. The van der Waals surface area contributed by atoms with Crippen LogP contribution in [-0.2, 0) is 6.42 Å². The molecule has 7 nitrogen and oxygen atoms in total. The molecule has 0 radical (unpaired) electrons. The Balaban J connectivity index is 0.00000225. The van der Waals surface area contributed by atoms with Crippen molar-refractivity contribution in [1.82, 2.24) is 24.9 Å². The van der Waals surface area contributed by atoms with Gasteiger partial charge in [-0.2, -0.15) is 13.5 Å². The first-order chi connectivity index (χ1) is 13.1. The van der Waals surface area contributed by atoms with Gasteiger partial charge in [-0.05, 0) is 19.9 Å². The topological polar surface area (TPSA) is 85.7 Å². The molecule has 0 amide bonds. The third kappa shape index (κ3) is 4.22. The fourth-order valence-electron chi connectivity index (χ4n) is 3.21. The zero-order valence-electron chi connectivity index (χ0n) is 16.2. The van der Waals surface area contributed by atoms with Crippen molar-refractivity contribution in [3.8, 4) is 17.0 Å². The van der Waals surface area contributed by atoms with E-state index in [1.165, 1.54) is 5.56 Å². The molecule has 28 heavy (non-hydrogen) atoms. The molecule has 3 aromatic heterocycles. The van der Waals surface area contributed by atoms with Crippen molar-refractivity contribution in [2.24, 2.45) is 0 Å². The predicted octanol–water partition coefficient (Wildman–Crippen LogP) is 3.21. The zero-order valence-corrected chi connectivity index (χ0v) is 17.2. The van der Waals surface area contributed by atoms with Crippen molar-refractivity contribution in [3.05, 3.63) is 53.6 Å². The maximum Gasteiger partial charge on any atom is 0.144 e. The van der Waals surface area contributed by atoms with Gasteiger partial charge in [-0.15, -0.1) is 0 Å². The molecule has 0 saturated heterocycles. The molecule has 1 aliphatic rings. The van der Waals surface area contributed by atoms with Gasteiger partial charge in [0, 0.05) is 54.2 Å². The van der Waals surface area contributed by atoms with E-state index in [2.05, 4.69) is 43.2 Å². The van der Waals surface area contributed by atoms with Crippen LogP contribution in [0.1, 0.15) is 35.6 Å². The molecule has 4 heterocycles. The minimum atomic E-state index is 0. The lowest BCUT2D eigenvalue weighted by atomic mass is 9.99. The molecule has 4 rings (SSSR count). The van der Waals surface area contributed by atoms with E-state index in [0.29, 0.717) is 6.61 Å². The Labute approximate surface area is 171 Å². The molecule has 0 aliphatic carbocycles. The number of hydrogen-bond acceptors (Lipinski definition) is 7. The summed E-state index contributed by atoms with van der Waals surface area (Å²) in [6.45, 7) is 7.52. The molecular weight excluding hydrogens is 372 g/mol. The molecular formula is C20H24N6OS. The second-order valence-electron chi connectivity index (χ2n) is 6.82. The maximum atomic E-state index is 5.81. The third-order valence-electron chi connectivity index (χ3n) is 4.65. The van der Waals surface area contributed by atoms with Gasteiger partial charge in [0.25, 0.3) is 0 Å². The molecule has 0 bridgehead atoms. The number of hydrogen-bond donors (Lipinski definition) is 1. The van der Waals surface area contributed by atoms with Crippen LogP contribution in [-0.4, -0.2) is 38.1 Å². The Hall–Kier alpha value is -2.74. The minimum Gasteiger partial charge on any atom is -0.491 e. The summed E-state index contributed by atoms with van der Waals surface area (Å²) >= 11 is 0. The third-order valence-corrected chi connectivity index (χ3v) is 4.65. The van der Waals surface area contributed by atoms with E-state index < -0.39 is 0 Å². The van der Waals surface area contributed by atoms with Crippen molar-refractivity contribution in [3.63, 3.8) is 0 Å². The maximum absolute atomic E-state index is 5.81. The first-order valence-corrected chi connectivity index (χ1v) is 9.08. The Morgan fingerprint density at radius 3 is 2.68 bits per heavy atom. The van der Waals surface area contributed by atoms with E-state index in [0.717, 1.165) is 53.0 Å². The molecule has 1 N–H and O–H groups in total. The Morgan fingerprint density at radius 2 is 1.89 bits per heavy atom. The normalized spacial score (nSPS) is 13.2. The number of fused-ring (bicyclic) bond motifs is 1. The molecule has 0 aromatic carbocycles. The Bertz CT molecular complexity index is 963. The standard InChI is InChI=1S/C20H22N6O.H2S/c1-12(16-6-13(2)26-17-4-5-27-20(16)17)8-23-19-7-18(24-11-25-19)15-9-21-14(3)22-10-15;/h6-7,9-12H,4-5,8H2,1-3H3,(H,23,24,25);1H2/t12-;/m1./s1. The summed E-state index contributed by atoms with van der Waals surface area (Å²) in [7, 11) is 0. The van der Waals surface area contributed by atoms with Crippen LogP contribution in [0.2, 0.25) is 0 Å². The van der Waals surface area contributed by atoms with Gasteiger partial charge in [-0.3, -0.25) is 4.98 Å². The van der Waals surface area contributed by atoms with E-state index in [-0.39, 0.29) is 19.4 Å². The van der Waals surface area contributed by atoms with Crippen LogP contribution in [0.3, 0.4) is 0 Å². The molecule has 0 fully saturated rings. The molecule has 1 aliphatic heterocycles. The zero-order chi connectivity index (χ0) is 18.8. The SMILES string of the molecule is Cc1cc([C@H](C)CNc2cc(-c3cnc(C)nc3)ncn2)c2c(n1)CCO2.S. The highest BCUT2D eigenvalue weighted by molar-refractivity contribution is 7.59. The minimum absolute atomic E-state index is 0. The summed E-state index contributed by atoms with van der Waals surface area (Å²) in [5, 5.41) is 3.41. The molecule has 0 saturated carbocycles. The van der Waals surface area contributed by atoms with Crippen molar-refractivity contribution >= 4 is 19.3 Å². The fourth-order valence-corrected chi connectivity index (χ4v) is 3.21. The number of aromatic nitrogens is 5. The molecule has 0 unspecified atom stereocenters. The summed E-state index contributed by atoms with van der Waals surface area (Å²) in [6.07, 6.45) is 5.99. The monoisotopic (exact) mass is 396 g/mol. The van der Waals surface area contributed by atoms with Gasteiger partial charge >= 0.3 is 0 Å². The van der Waals surface area contributed by atoms with Crippen molar-refractivity contribution in [2.75, 3.05) is 18.5 Å². The van der Waals surface area contributed by atoms with Crippen LogP contribution < -0.4 is 10.1 Å². The van der Waals surface area contributed by atoms with Gasteiger partial charge < -0.3 is 10.1 Å². The summed E-state index contributed by atoms with van der Waals surface area (Å²) in [5.41, 5.74) is 4.97. The number of rotatable bonds is 5. The van der Waals surface area contributed by atoms with Crippen molar-refractivity contribution in [1.29, 1.82) is 0 Å². The Morgan fingerprint density at radius 1 is 1.11 bits per heavy atom. The van der Waals surface area contributed by atoms with Crippen LogP contribution in [0, 0.1) is 13.8 Å². The smallest absolute Gasteiger partial charge is 0.144 e. The highest BCUT2D eigenvalue weighted by Crippen LogP contribution is 2.34. The lowest BCUT2D eigenvalue weighted by molar-refractivity contribution is 0.352. The quantitative estimate of drug-likeness (QED) is 0.709. The Kier molecular flexibility index (Phi) is 6.08. The first kappa shape index (κ1) is 20.0. The lowest BCUT2D eigenvalue weighted by Crippen LogP contribution is -2.12. The second-order valence-corrected chi connectivity index (χ2v) is 6.82. The average molecular weight is 397 g/mol. The molecule has 8 heteroatoms. The lowest BCUT2D eigenvalue weighted by Gasteiger charge is -2.17. The highest BCUT2D eigenvalue weighted by atomic mass is 32.1. The largest absolute Gasteiger partial charge is 0.491 e. The summed E-state index contributed by atoms with van der Waals surface area (Å²) in [4.78, 5) is 21.7.